The summed E-state index contributed by atoms with van der Waals surface area (Å²) >= 11 is 0. The molecule has 1 unspecified atom stereocenters. The van der Waals surface area contributed by atoms with E-state index < -0.39 is 25.6 Å². The van der Waals surface area contributed by atoms with Crippen LogP contribution in [0.2, 0.25) is 0 Å². The van der Waals surface area contributed by atoms with Crippen LogP contribution in [-0.2, 0) is 9.36 Å². The Hall–Kier alpha value is -0.420. The van der Waals surface area contributed by atoms with Gasteiger partial charge in [0.1, 0.15) is 0 Å². The van der Waals surface area contributed by atoms with E-state index in [1.807, 2.05) is 0 Å². The van der Waals surface area contributed by atoms with Crippen LogP contribution in [-0.4, -0.2) is 33.6 Å². The highest BCUT2D eigenvalue weighted by Gasteiger charge is 2.26. The quantitative estimate of drug-likeness (QED) is 0.429. The van der Waals surface area contributed by atoms with Crippen LogP contribution in [0.1, 0.15) is 6.42 Å². The van der Waals surface area contributed by atoms with Gasteiger partial charge >= 0.3 is 13.6 Å². The summed E-state index contributed by atoms with van der Waals surface area (Å²) in [4.78, 5) is 27.3. The molecule has 0 rings (SSSR count). The minimum absolute atomic E-state index is 0.0838. The van der Waals surface area contributed by atoms with E-state index in [-0.39, 0.29) is 13.0 Å². The van der Waals surface area contributed by atoms with E-state index in [0.29, 0.717) is 0 Å². The minimum Gasteiger partial charge on any atom is -0.481 e. The van der Waals surface area contributed by atoms with Gasteiger partial charge in [-0.1, -0.05) is 0 Å². The summed E-state index contributed by atoms with van der Waals surface area (Å²) in [7, 11) is -4.24. The molecule has 0 bridgehead atoms. The summed E-state index contributed by atoms with van der Waals surface area (Å²) < 4.78 is 10.4. The van der Waals surface area contributed by atoms with Crippen molar-refractivity contribution in [2.75, 3.05) is 12.7 Å². The molecular formula is C5H12NO5P. The predicted octanol–water partition coefficient (Wildman–Crippen LogP) is -0.786. The van der Waals surface area contributed by atoms with Crippen LogP contribution in [0, 0.1) is 5.92 Å². The van der Waals surface area contributed by atoms with Crippen LogP contribution in [0.3, 0.4) is 0 Å². The number of hydrogen-bond acceptors (Lipinski definition) is 3. The van der Waals surface area contributed by atoms with Crippen LogP contribution < -0.4 is 5.73 Å². The van der Waals surface area contributed by atoms with E-state index in [0.717, 1.165) is 0 Å². The van der Waals surface area contributed by atoms with Crippen LogP contribution in [0.4, 0.5) is 0 Å². The fourth-order valence-corrected chi connectivity index (χ4v) is 1.69. The monoisotopic (exact) mass is 197 g/mol. The van der Waals surface area contributed by atoms with E-state index in [1.54, 1.807) is 0 Å². The third-order valence-electron chi connectivity index (χ3n) is 1.32. The van der Waals surface area contributed by atoms with E-state index in [9.17, 15) is 9.36 Å². The molecule has 0 aromatic heterocycles. The first-order valence-corrected chi connectivity index (χ1v) is 5.14. The second-order valence-corrected chi connectivity index (χ2v) is 4.15. The molecule has 0 spiro atoms. The van der Waals surface area contributed by atoms with Crippen molar-refractivity contribution in [2.45, 2.75) is 6.42 Å². The zero-order chi connectivity index (χ0) is 9.78. The van der Waals surface area contributed by atoms with Crippen LogP contribution >= 0.6 is 7.60 Å². The second kappa shape index (κ2) is 4.57. The van der Waals surface area contributed by atoms with E-state index in [4.69, 9.17) is 20.6 Å². The Kier molecular flexibility index (Phi) is 4.41. The van der Waals surface area contributed by atoms with Crippen molar-refractivity contribution in [2.24, 2.45) is 11.7 Å². The molecule has 0 aliphatic heterocycles. The number of aliphatic carboxylic acids is 1. The Morgan fingerprint density at radius 1 is 1.50 bits per heavy atom. The lowest BCUT2D eigenvalue weighted by atomic mass is 10.1. The van der Waals surface area contributed by atoms with Gasteiger partial charge < -0.3 is 20.6 Å². The zero-order valence-electron chi connectivity index (χ0n) is 6.38. The normalized spacial score (nSPS) is 14.2. The molecule has 1 atom stereocenters. The van der Waals surface area contributed by atoms with Crippen molar-refractivity contribution in [3.63, 3.8) is 0 Å². The second-order valence-electron chi connectivity index (χ2n) is 2.46. The molecule has 0 aromatic rings. The van der Waals surface area contributed by atoms with E-state index in [1.165, 1.54) is 0 Å². The van der Waals surface area contributed by atoms with Gasteiger partial charge in [0.05, 0.1) is 12.1 Å². The number of carbonyl (C=O) groups is 1. The topological polar surface area (TPSA) is 121 Å². The van der Waals surface area contributed by atoms with Gasteiger partial charge in [-0.2, -0.15) is 0 Å². The van der Waals surface area contributed by atoms with Crippen LogP contribution in [0.5, 0.6) is 0 Å². The van der Waals surface area contributed by atoms with Crippen molar-refractivity contribution >= 4 is 13.6 Å². The van der Waals surface area contributed by atoms with Gasteiger partial charge in [0.25, 0.3) is 0 Å². The molecule has 0 heterocycles. The Labute approximate surface area is 69.5 Å². The highest BCUT2D eigenvalue weighted by Crippen LogP contribution is 2.37. The molecule has 0 amide bonds. The summed E-state index contributed by atoms with van der Waals surface area (Å²) in [5.41, 5.74) is 5.07. The SMILES string of the molecule is NCCC(CP(=O)(O)O)C(=O)O. The lowest BCUT2D eigenvalue weighted by Gasteiger charge is -2.11. The lowest BCUT2D eigenvalue weighted by Crippen LogP contribution is -2.21. The number of carboxylic acids is 1. The first kappa shape index (κ1) is 11.6. The summed E-state index contributed by atoms with van der Waals surface area (Å²) in [5.74, 6) is -2.26. The fraction of sp³-hybridized carbons (Fsp3) is 0.800. The van der Waals surface area contributed by atoms with Crippen molar-refractivity contribution in [3.05, 3.63) is 0 Å². The first-order valence-electron chi connectivity index (χ1n) is 3.34. The van der Waals surface area contributed by atoms with Crippen molar-refractivity contribution in [3.8, 4) is 0 Å². The molecule has 12 heavy (non-hydrogen) atoms. The van der Waals surface area contributed by atoms with Gasteiger partial charge in [0.15, 0.2) is 0 Å². The van der Waals surface area contributed by atoms with Gasteiger partial charge in [-0.25, -0.2) is 0 Å². The van der Waals surface area contributed by atoms with Gasteiger partial charge in [0, 0.05) is 0 Å². The first-order chi connectivity index (χ1) is 5.37. The molecule has 0 aliphatic carbocycles. The van der Waals surface area contributed by atoms with Gasteiger partial charge in [-0.05, 0) is 13.0 Å². The highest BCUT2D eigenvalue weighted by atomic mass is 31.2. The number of nitrogens with two attached hydrogens (primary N) is 1. The number of hydrogen-bond donors (Lipinski definition) is 4. The Bertz CT molecular complexity index is 200. The van der Waals surface area contributed by atoms with Gasteiger partial charge in [-0.15, -0.1) is 0 Å². The predicted molar refractivity (Wildman–Crippen MR) is 41.7 cm³/mol. The number of carboxylic acid groups (broad SMARTS) is 1. The molecule has 0 radical (unpaired) electrons. The van der Waals surface area contributed by atoms with Crippen molar-refractivity contribution in [1.82, 2.24) is 0 Å². The van der Waals surface area contributed by atoms with Crippen molar-refractivity contribution in [1.29, 1.82) is 0 Å². The van der Waals surface area contributed by atoms with Crippen molar-refractivity contribution < 1.29 is 24.3 Å². The maximum absolute atomic E-state index is 10.4. The Balaban J connectivity index is 4.14. The third-order valence-corrected chi connectivity index (χ3v) is 2.24. The fourth-order valence-electron chi connectivity index (χ4n) is 0.781. The summed E-state index contributed by atoms with van der Waals surface area (Å²) in [6, 6.07) is 0. The molecule has 0 saturated carbocycles. The van der Waals surface area contributed by atoms with E-state index in [2.05, 4.69) is 0 Å². The molecule has 7 heteroatoms. The van der Waals surface area contributed by atoms with E-state index >= 15 is 0 Å². The average Bonchev–Trinajstić information content (AvgIpc) is 1.83. The standard InChI is InChI=1S/C5H12NO5P/c6-2-1-4(5(7)8)3-12(9,10)11/h4H,1-3,6H2,(H,7,8)(H2,9,10,11). The zero-order valence-corrected chi connectivity index (χ0v) is 7.28. The van der Waals surface area contributed by atoms with Gasteiger partial charge in [-0.3, -0.25) is 9.36 Å². The molecular weight excluding hydrogens is 185 g/mol. The molecule has 6 nitrogen and oxygen atoms in total. The molecule has 0 fully saturated rings. The largest absolute Gasteiger partial charge is 0.481 e. The average molecular weight is 197 g/mol. The summed E-state index contributed by atoms with van der Waals surface area (Å²) in [5, 5.41) is 8.47. The third kappa shape index (κ3) is 5.26. The Morgan fingerprint density at radius 2 is 2.00 bits per heavy atom. The maximum atomic E-state index is 10.4. The molecule has 72 valence electrons. The smallest absolute Gasteiger partial charge is 0.326 e. The highest BCUT2D eigenvalue weighted by molar-refractivity contribution is 7.51. The Morgan fingerprint density at radius 3 is 2.25 bits per heavy atom. The van der Waals surface area contributed by atoms with Crippen LogP contribution in [0.15, 0.2) is 0 Å². The number of rotatable bonds is 5. The molecule has 5 N–H and O–H groups in total. The maximum Gasteiger partial charge on any atom is 0.326 e. The van der Waals surface area contributed by atoms with Gasteiger partial charge in [0.2, 0.25) is 0 Å². The summed E-state index contributed by atoms with van der Waals surface area (Å²) in [6.45, 7) is 0.108. The lowest BCUT2D eigenvalue weighted by molar-refractivity contribution is -0.141. The molecule has 0 aromatic carbocycles. The summed E-state index contributed by atoms with van der Waals surface area (Å²) in [6.07, 6.45) is -0.556. The molecule has 0 saturated heterocycles. The van der Waals surface area contributed by atoms with Crippen LogP contribution in [0.25, 0.3) is 0 Å². The minimum atomic E-state index is -4.24. The molecule has 0 aliphatic rings.